The third kappa shape index (κ3) is 3.70. The average Bonchev–Trinajstić information content (AvgIpc) is 2.53. The lowest BCUT2D eigenvalue weighted by atomic mass is 10.5. The van der Waals surface area contributed by atoms with Crippen LogP contribution in [0.25, 0.3) is 0 Å². The van der Waals surface area contributed by atoms with Crippen LogP contribution in [0.1, 0.15) is 0 Å². The van der Waals surface area contributed by atoms with Crippen LogP contribution in [0.4, 0.5) is 4.79 Å². The highest BCUT2D eigenvalue weighted by Crippen LogP contribution is 2.02. The molecule has 1 aliphatic heterocycles. The zero-order chi connectivity index (χ0) is 12.0. The molecule has 1 aliphatic rings. The van der Waals surface area contributed by atoms with Crippen molar-refractivity contribution in [1.29, 1.82) is 0 Å². The van der Waals surface area contributed by atoms with Gasteiger partial charge in [0.2, 0.25) is 0 Å². The van der Waals surface area contributed by atoms with Crippen molar-refractivity contribution in [2.24, 2.45) is 0 Å². The van der Waals surface area contributed by atoms with Gasteiger partial charge >= 0.3 is 6.09 Å². The van der Waals surface area contributed by atoms with E-state index in [9.17, 15) is 14.4 Å². The Balaban J connectivity index is 2.05. The van der Waals surface area contributed by atoms with Gasteiger partial charge in [0, 0.05) is 18.7 Å². The summed E-state index contributed by atoms with van der Waals surface area (Å²) in [6.45, 7) is 0.754. The summed E-state index contributed by atoms with van der Waals surface area (Å²) in [6.07, 6.45) is 1.29. The van der Waals surface area contributed by atoms with E-state index in [1.165, 1.54) is 12.2 Å². The van der Waals surface area contributed by atoms with Crippen LogP contribution in [0.15, 0.2) is 12.2 Å². The van der Waals surface area contributed by atoms with E-state index in [1.807, 2.05) is 0 Å². The molecule has 0 saturated carbocycles. The molecule has 7 nitrogen and oxygen atoms in total. The summed E-state index contributed by atoms with van der Waals surface area (Å²) in [5.74, 6) is -0.700. The molecule has 0 fully saturated rings. The van der Waals surface area contributed by atoms with Gasteiger partial charge in [-0.05, 0) is 0 Å². The summed E-state index contributed by atoms with van der Waals surface area (Å²) in [7, 11) is 0. The maximum Gasteiger partial charge on any atom is 0.404 e. The van der Waals surface area contributed by atoms with Crippen molar-refractivity contribution in [2.75, 3.05) is 26.3 Å². The van der Waals surface area contributed by atoms with Crippen molar-refractivity contribution in [3.8, 4) is 0 Å². The number of carbonyl (C=O) groups is 3. The number of amides is 3. The Labute approximate surface area is 91.7 Å². The predicted molar refractivity (Wildman–Crippen MR) is 52.7 cm³/mol. The summed E-state index contributed by atoms with van der Waals surface area (Å²) < 4.78 is 5.04. The number of nitrogens with zero attached hydrogens (tertiary/aromatic N) is 1. The van der Waals surface area contributed by atoms with Crippen LogP contribution in [0.5, 0.6) is 0 Å². The normalized spacial score (nSPS) is 14.6. The second kappa shape index (κ2) is 5.86. The second-order valence-electron chi connectivity index (χ2n) is 3.01. The van der Waals surface area contributed by atoms with Crippen molar-refractivity contribution < 1.29 is 24.2 Å². The van der Waals surface area contributed by atoms with E-state index in [0.29, 0.717) is 0 Å². The second-order valence-corrected chi connectivity index (χ2v) is 3.01. The Morgan fingerprint density at radius 3 is 2.50 bits per heavy atom. The maximum absolute atomic E-state index is 11.1. The number of hydrogen-bond donors (Lipinski definition) is 2. The minimum absolute atomic E-state index is 0.176. The molecular weight excluding hydrogens is 216 g/mol. The van der Waals surface area contributed by atoms with Crippen molar-refractivity contribution in [3.63, 3.8) is 0 Å². The number of carboxylic acid groups (broad SMARTS) is 1. The first-order valence-electron chi connectivity index (χ1n) is 4.69. The standard InChI is InChI=1S/C9H12N2O5/c12-7-1-2-8(13)11(7)4-6-16-5-3-10-9(14)15/h1-2,10H,3-6H2,(H,14,15). The van der Waals surface area contributed by atoms with Crippen molar-refractivity contribution >= 4 is 17.9 Å². The van der Waals surface area contributed by atoms with E-state index >= 15 is 0 Å². The van der Waals surface area contributed by atoms with E-state index < -0.39 is 6.09 Å². The highest BCUT2D eigenvalue weighted by molar-refractivity contribution is 6.12. The third-order valence-electron chi connectivity index (χ3n) is 1.88. The van der Waals surface area contributed by atoms with Crippen molar-refractivity contribution in [3.05, 3.63) is 12.2 Å². The number of hydrogen-bond acceptors (Lipinski definition) is 4. The van der Waals surface area contributed by atoms with Gasteiger partial charge < -0.3 is 15.2 Å². The van der Waals surface area contributed by atoms with Crippen LogP contribution in [0, 0.1) is 0 Å². The van der Waals surface area contributed by atoms with Gasteiger partial charge in [0.1, 0.15) is 0 Å². The molecule has 1 heterocycles. The molecule has 0 aromatic heterocycles. The zero-order valence-electron chi connectivity index (χ0n) is 8.51. The molecule has 2 N–H and O–H groups in total. The lowest BCUT2D eigenvalue weighted by molar-refractivity contribution is -0.137. The Kier molecular flexibility index (Phi) is 4.46. The molecule has 0 unspecified atom stereocenters. The third-order valence-corrected chi connectivity index (χ3v) is 1.88. The summed E-state index contributed by atoms with van der Waals surface area (Å²) in [5, 5.41) is 10.4. The van der Waals surface area contributed by atoms with Crippen molar-refractivity contribution in [2.45, 2.75) is 0 Å². The summed E-state index contributed by atoms with van der Waals surface area (Å²) in [4.78, 5) is 33.2. The molecule has 0 radical (unpaired) electrons. The van der Waals surface area contributed by atoms with Gasteiger partial charge in [-0.2, -0.15) is 0 Å². The van der Waals surface area contributed by atoms with Gasteiger partial charge in [0.15, 0.2) is 0 Å². The molecule has 16 heavy (non-hydrogen) atoms. The first-order chi connectivity index (χ1) is 7.61. The van der Waals surface area contributed by atoms with Crippen LogP contribution >= 0.6 is 0 Å². The van der Waals surface area contributed by atoms with E-state index in [1.54, 1.807) is 0 Å². The molecule has 0 atom stereocenters. The fourth-order valence-electron chi connectivity index (χ4n) is 1.14. The molecule has 0 aromatic carbocycles. The van der Waals surface area contributed by atoms with Crippen LogP contribution in [-0.4, -0.2) is 54.2 Å². The smallest absolute Gasteiger partial charge is 0.404 e. The van der Waals surface area contributed by atoms with Gasteiger partial charge in [-0.15, -0.1) is 0 Å². The highest BCUT2D eigenvalue weighted by Gasteiger charge is 2.22. The SMILES string of the molecule is O=C(O)NCCOCCN1C(=O)C=CC1=O. The predicted octanol–water partition coefficient (Wildman–Crippen LogP) is -0.804. The first-order valence-corrected chi connectivity index (χ1v) is 4.69. The quantitative estimate of drug-likeness (QED) is 0.458. The average molecular weight is 228 g/mol. The Hall–Kier alpha value is -1.89. The number of imide groups is 1. The molecule has 0 bridgehead atoms. The maximum atomic E-state index is 11.1. The fourth-order valence-corrected chi connectivity index (χ4v) is 1.14. The highest BCUT2D eigenvalue weighted by atomic mass is 16.5. The fraction of sp³-hybridized carbons (Fsp3) is 0.444. The number of carbonyl (C=O) groups excluding carboxylic acids is 2. The molecule has 0 aromatic rings. The minimum Gasteiger partial charge on any atom is -0.465 e. The lowest BCUT2D eigenvalue weighted by Gasteiger charge is -2.13. The molecule has 0 aliphatic carbocycles. The molecular formula is C9H12N2O5. The number of ether oxygens (including phenoxy) is 1. The van der Waals surface area contributed by atoms with Gasteiger partial charge in [-0.25, -0.2) is 4.79 Å². The topological polar surface area (TPSA) is 95.9 Å². The Morgan fingerprint density at radius 2 is 1.94 bits per heavy atom. The van der Waals surface area contributed by atoms with Gasteiger partial charge in [0.25, 0.3) is 11.8 Å². The van der Waals surface area contributed by atoms with E-state index in [2.05, 4.69) is 5.32 Å². The van der Waals surface area contributed by atoms with Crippen LogP contribution in [0.3, 0.4) is 0 Å². The molecule has 0 spiro atoms. The molecule has 88 valence electrons. The van der Waals surface area contributed by atoms with E-state index in [-0.39, 0.29) is 38.1 Å². The summed E-state index contributed by atoms with van der Waals surface area (Å²) in [6, 6.07) is 0. The van der Waals surface area contributed by atoms with Crippen LogP contribution in [0.2, 0.25) is 0 Å². The van der Waals surface area contributed by atoms with E-state index in [0.717, 1.165) is 4.90 Å². The van der Waals surface area contributed by atoms with Crippen molar-refractivity contribution in [1.82, 2.24) is 10.2 Å². The first kappa shape index (κ1) is 12.2. The van der Waals surface area contributed by atoms with E-state index in [4.69, 9.17) is 9.84 Å². The van der Waals surface area contributed by atoms with Gasteiger partial charge in [0.05, 0.1) is 19.8 Å². The molecule has 3 amide bonds. The minimum atomic E-state index is -1.11. The molecule has 1 rings (SSSR count). The summed E-state index contributed by atoms with van der Waals surface area (Å²) >= 11 is 0. The lowest BCUT2D eigenvalue weighted by Crippen LogP contribution is -2.34. The monoisotopic (exact) mass is 228 g/mol. The molecule has 7 heteroatoms. The number of nitrogens with one attached hydrogen (secondary N) is 1. The largest absolute Gasteiger partial charge is 0.465 e. The Morgan fingerprint density at radius 1 is 1.31 bits per heavy atom. The number of rotatable bonds is 6. The van der Waals surface area contributed by atoms with Gasteiger partial charge in [-0.3, -0.25) is 14.5 Å². The summed E-state index contributed by atoms with van der Waals surface area (Å²) in [5.41, 5.74) is 0. The molecule has 0 saturated heterocycles. The van der Waals surface area contributed by atoms with Crippen LogP contribution in [-0.2, 0) is 14.3 Å². The van der Waals surface area contributed by atoms with Gasteiger partial charge in [-0.1, -0.05) is 0 Å². The Bertz CT molecular complexity index is 308. The van der Waals surface area contributed by atoms with Crippen LogP contribution < -0.4 is 5.32 Å². The zero-order valence-corrected chi connectivity index (χ0v) is 8.51.